The Labute approximate surface area is 61.4 Å². The molecule has 3 nitrogen and oxygen atoms in total. The highest BCUT2D eigenvalue weighted by Gasteiger charge is 2.50. The van der Waals surface area contributed by atoms with E-state index in [9.17, 15) is 4.79 Å². The zero-order valence-corrected chi connectivity index (χ0v) is 6.93. The molecule has 0 aromatic rings. The van der Waals surface area contributed by atoms with Gasteiger partial charge < -0.3 is 4.90 Å². The van der Waals surface area contributed by atoms with Crippen LogP contribution in [0.5, 0.6) is 0 Å². The topological polar surface area (TPSA) is 42.2 Å². The van der Waals surface area contributed by atoms with Gasteiger partial charge in [0.1, 0.15) is 6.04 Å². The second-order valence-corrected chi connectivity index (χ2v) is 3.53. The number of hydrogen-bond donors (Lipinski definition) is 1. The van der Waals surface area contributed by atoms with Crippen LogP contribution < -0.4 is 5.32 Å². The van der Waals surface area contributed by atoms with Crippen LogP contribution in [0.25, 0.3) is 0 Å². The maximum Gasteiger partial charge on any atom is 0.241 e. The molecular formula is C7H14N2O. The maximum absolute atomic E-state index is 11.2. The number of nitrogens with one attached hydrogen (secondary N) is 1. The van der Waals surface area contributed by atoms with Gasteiger partial charge in [-0.05, 0) is 13.8 Å². The normalized spacial score (nSPS) is 27.8. The number of hydrogen-bond acceptors (Lipinski definition) is 2. The molecule has 1 saturated heterocycles. The summed E-state index contributed by atoms with van der Waals surface area (Å²) < 4.78 is 0. The van der Waals surface area contributed by atoms with E-state index in [0.717, 1.165) is 0 Å². The highest BCUT2D eigenvalue weighted by molar-refractivity contribution is 5.86. The summed E-state index contributed by atoms with van der Waals surface area (Å²) in [6, 6.07) is 0.0440. The van der Waals surface area contributed by atoms with Crippen molar-refractivity contribution < 1.29 is 4.79 Å². The third kappa shape index (κ3) is 1.14. The van der Waals surface area contributed by atoms with Gasteiger partial charge in [0.2, 0.25) is 5.91 Å². The van der Waals surface area contributed by atoms with Crippen LogP contribution in [0.4, 0.5) is 0 Å². The lowest BCUT2D eigenvalue weighted by atomic mass is 10.1. The Morgan fingerprint density at radius 2 is 1.90 bits per heavy atom. The summed E-state index contributed by atoms with van der Waals surface area (Å²) in [6.45, 7) is 4.05. The van der Waals surface area contributed by atoms with Crippen LogP contribution in [-0.2, 0) is 4.79 Å². The van der Waals surface area contributed by atoms with Gasteiger partial charge in [-0.25, -0.2) is 0 Å². The van der Waals surface area contributed by atoms with E-state index in [1.807, 2.05) is 13.8 Å². The van der Waals surface area contributed by atoms with Crippen LogP contribution >= 0.6 is 0 Å². The lowest BCUT2D eigenvalue weighted by molar-refractivity contribution is -0.128. The summed E-state index contributed by atoms with van der Waals surface area (Å²) in [7, 11) is 3.55. The smallest absolute Gasteiger partial charge is 0.241 e. The van der Waals surface area contributed by atoms with Crippen molar-refractivity contribution in [3.8, 4) is 0 Å². The molecule has 1 unspecified atom stereocenters. The Bertz CT molecular complexity index is 163. The van der Waals surface area contributed by atoms with Crippen molar-refractivity contribution >= 4 is 5.91 Å². The van der Waals surface area contributed by atoms with Gasteiger partial charge in [0.15, 0.2) is 0 Å². The molecule has 0 spiro atoms. The lowest BCUT2D eigenvalue weighted by Gasteiger charge is -2.08. The second kappa shape index (κ2) is 1.95. The summed E-state index contributed by atoms with van der Waals surface area (Å²) in [6.07, 6.45) is 0. The molecule has 1 amide bonds. The van der Waals surface area contributed by atoms with Gasteiger partial charge in [-0.3, -0.25) is 10.1 Å². The molecule has 10 heavy (non-hydrogen) atoms. The fraction of sp³-hybridized carbons (Fsp3) is 0.857. The fourth-order valence-corrected chi connectivity index (χ4v) is 0.959. The van der Waals surface area contributed by atoms with Gasteiger partial charge >= 0.3 is 0 Å². The molecule has 0 aromatic carbocycles. The molecule has 1 fully saturated rings. The molecule has 3 heteroatoms. The van der Waals surface area contributed by atoms with Gasteiger partial charge in [-0.15, -0.1) is 0 Å². The number of likely N-dealkylation sites (N-methyl/N-ethyl adjacent to an activating group) is 1. The Kier molecular flexibility index (Phi) is 1.47. The fourth-order valence-electron chi connectivity index (χ4n) is 0.959. The van der Waals surface area contributed by atoms with E-state index in [0.29, 0.717) is 0 Å². The predicted molar refractivity (Wildman–Crippen MR) is 39.7 cm³/mol. The van der Waals surface area contributed by atoms with E-state index in [1.54, 1.807) is 19.0 Å². The highest BCUT2D eigenvalue weighted by Crippen LogP contribution is 2.25. The average Bonchev–Trinajstić information content (AvgIpc) is 2.38. The molecule has 0 aliphatic carbocycles. The number of amides is 1. The first-order valence-electron chi connectivity index (χ1n) is 3.44. The first-order valence-corrected chi connectivity index (χ1v) is 3.44. The SMILES string of the molecule is CN(C)C(=O)C1NC1(C)C. The molecule has 58 valence electrons. The van der Waals surface area contributed by atoms with Gasteiger partial charge in [0.05, 0.1) is 0 Å². The monoisotopic (exact) mass is 142 g/mol. The van der Waals surface area contributed by atoms with Crippen LogP contribution in [0.15, 0.2) is 0 Å². The molecule has 1 aliphatic heterocycles. The number of nitrogens with zero attached hydrogens (tertiary/aromatic N) is 1. The summed E-state index contributed by atoms with van der Waals surface area (Å²) >= 11 is 0. The number of carbonyl (C=O) groups is 1. The van der Waals surface area contributed by atoms with Crippen molar-refractivity contribution in [2.45, 2.75) is 25.4 Å². The van der Waals surface area contributed by atoms with Crippen LogP contribution in [0.3, 0.4) is 0 Å². The molecule has 0 bridgehead atoms. The van der Waals surface area contributed by atoms with E-state index in [-0.39, 0.29) is 17.5 Å². The first kappa shape index (κ1) is 7.54. The Balaban J connectivity index is 2.48. The molecular weight excluding hydrogens is 128 g/mol. The molecule has 0 saturated carbocycles. The van der Waals surface area contributed by atoms with E-state index in [4.69, 9.17) is 0 Å². The summed E-state index contributed by atoms with van der Waals surface area (Å²) in [5.41, 5.74) is 0.0291. The minimum absolute atomic E-state index is 0.0291. The number of rotatable bonds is 1. The second-order valence-electron chi connectivity index (χ2n) is 3.53. The van der Waals surface area contributed by atoms with Crippen molar-refractivity contribution in [2.24, 2.45) is 0 Å². The Morgan fingerprint density at radius 1 is 1.50 bits per heavy atom. The van der Waals surface area contributed by atoms with E-state index >= 15 is 0 Å². The standard InChI is InChI=1S/C7H14N2O/c1-7(2)5(8-7)6(10)9(3)4/h5,8H,1-4H3. The quantitative estimate of drug-likeness (QED) is 0.516. The maximum atomic E-state index is 11.2. The zero-order valence-electron chi connectivity index (χ0n) is 6.93. The molecule has 1 heterocycles. The predicted octanol–water partition coefficient (Wildman–Crippen LogP) is -0.175. The van der Waals surface area contributed by atoms with Crippen molar-refractivity contribution in [3.05, 3.63) is 0 Å². The van der Waals surface area contributed by atoms with Crippen molar-refractivity contribution in [3.63, 3.8) is 0 Å². The van der Waals surface area contributed by atoms with Crippen LogP contribution in [0.1, 0.15) is 13.8 Å². The summed E-state index contributed by atoms with van der Waals surface area (Å²) in [5, 5.41) is 3.10. The zero-order chi connectivity index (χ0) is 7.94. The summed E-state index contributed by atoms with van der Waals surface area (Å²) in [4.78, 5) is 12.8. The average molecular weight is 142 g/mol. The molecule has 1 rings (SSSR count). The molecule has 0 aromatic heterocycles. The number of carbonyl (C=O) groups excluding carboxylic acids is 1. The summed E-state index contributed by atoms with van der Waals surface area (Å²) in [5.74, 6) is 0.171. The Hall–Kier alpha value is -0.570. The van der Waals surface area contributed by atoms with Crippen LogP contribution in [0, 0.1) is 0 Å². The molecule has 1 atom stereocenters. The van der Waals surface area contributed by atoms with Gasteiger partial charge in [-0.2, -0.15) is 0 Å². The van der Waals surface area contributed by atoms with Crippen LogP contribution in [0.2, 0.25) is 0 Å². The third-order valence-electron chi connectivity index (χ3n) is 1.84. The lowest BCUT2D eigenvalue weighted by Crippen LogP contribution is -2.29. The third-order valence-corrected chi connectivity index (χ3v) is 1.84. The Morgan fingerprint density at radius 3 is 2.00 bits per heavy atom. The molecule has 1 N–H and O–H groups in total. The van der Waals surface area contributed by atoms with Gasteiger partial charge in [-0.1, -0.05) is 0 Å². The minimum Gasteiger partial charge on any atom is -0.347 e. The van der Waals surface area contributed by atoms with Crippen LogP contribution in [-0.4, -0.2) is 36.5 Å². The van der Waals surface area contributed by atoms with E-state index < -0.39 is 0 Å². The van der Waals surface area contributed by atoms with E-state index in [1.165, 1.54) is 0 Å². The van der Waals surface area contributed by atoms with Crippen molar-refractivity contribution in [1.82, 2.24) is 10.2 Å². The highest BCUT2D eigenvalue weighted by atomic mass is 16.2. The minimum atomic E-state index is 0.0291. The van der Waals surface area contributed by atoms with Crippen molar-refractivity contribution in [2.75, 3.05) is 14.1 Å². The molecule has 1 aliphatic rings. The first-order chi connectivity index (χ1) is 4.45. The van der Waals surface area contributed by atoms with Crippen molar-refractivity contribution in [1.29, 1.82) is 0 Å². The van der Waals surface area contributed by atoms with E-state index in [2.05, 4.69) is 5.32 Å². The molecule has 0 radical (unpaired) electrons. The van der Waals surface area contributed by atoms with Gasteiger partial charge in [0.25, 0.3) is 0 Å². The van der Waals surface area contributed by atoms with Gasteiger partial charge in [0, 0.05) is 19.6 Å². The largest absolute Gasteiger partial charge is 0.347 e.